The minimum absolute atomic E-state index is 0. The molecule has 1 fully saturated rings. The van der Waals surface area contributed by atoms with Crippen LogP contribution in [0.5, 0.6) is 0 Å². The van der Waals surface area contributed by atoms with Gasteiger partial charge in [-0.05, 0) is 31.7 Å². The summed E-state index contributed by atoms with van der Waals surface area (Å²) >= 11 is 0. The highest BCUT2D eigenvalue weighted by molar-refractivity contribution is 5.85. The second kappa shape index (κ2) is 9.41. The van der Waals surface area contributed by atoms with Crippen molar-refractivity contribution in [2.24, 2.45) is 5.92 Å². The zero-order valence-electron chi connectivity index (χ0n) is 12.1. The number of aromatic nitrogens is 2. The van der Waals surface area contributed by atoms with Crippen molar-refractivity contribution in [3.05, 3.63) is 17.6 Å². The molecule has 120 valence electrons. The van der Waals surface area contributed by atoms with Gasteiger partial charge in [-0.25, -0.2) is 9.97 Å². The summed E-state index contributed by atoms with van der Waals surface area (Å²) in [5, 5.41) is 6.90. The third-order valence-electron chi connectivity index (χ3n) is 3.99. The van der Waals surface area contributed by atoms with E-state index in [9.17, 15) is 0 Å². The third-order valence-corrected chi connectivity index (χ3v) is 3.99. The maximum Gasteiger partial charge on any atom is 0.132 e. The smallest absolute Gasteiger partial charge is 0.132 e. The Kier molecular flexibility index (Phi) is 8.26. The zero-order chi connectivity index (χ0) is 12.9. The van der Waals surface area contributed by atoms with Crippen molar-refractivity contribution in [1.29, 1.82) is 0 Å². The molecule has 3 rings (SSSR count). The molecule has 0 spiro atoms. The van der Waals surface area contributed by atoms with Gasteiger partial charge in [-0.15, -0.1) is 24.8 Å². The van der Waals surface area contributed by atoms with Gasteiger partial charge in [0.1, 0.15) is 12.1 Å². The average molecular weight is 335 g/mol. The lowest BCUT2D eigenvalue weighted by Crippen LogP contribution is -2.16. The van der Waals surface area contributed by atoms with E-state index in [4.69, 9.17) is 4.74 Å². The van der Waals surface area contributed by atoms with Gasteiger partial charge in [0.25, 0.3) is 0 Å². The molecule has 21 heavy (non-hydrogen) atoms. The summed E-state index contributed by atoms with van der Waals surface area (Å²) in [4.78, 5) is 8.83. The highest BCUT2D eigenvalue weighted by Crippen LogP contribution is 2.20. The van der Waals surface area contributed by atoms with Gasteiger partial charge in [-0.1, -0.05) is 0 Å². The molecule has 7 heteroatoms. The minimum Gasteiger partial charge on any atom is -0.381 e. The molecule has 5 nitrogen and oxygen atoms in total. The lowest BCUT2D eigenvalue weighted by atomic mass is 10.1. The maximum atomic E-state index is 5.41. The van der Waals surface area contributed by atoms with Crippen molar-refractivity contribution in [2.45, 2.75) is 25.7 Å². The predicted octanol–water partition coefficient (Wildman–Crippen LogP) is 1.85. The molecule has 2 aliphatic rings. The highest BCUT2D eigenvalue weighted by Gasteiger charge is 2.16. The van der Waals surface area contributed by atoms with E-state index in [1.165, 1.54) is 17.7 Å². The van der Waals surface area contributed by atoms with Crippen molar-refractivity contribution in [1.82, 2.24) is 15.3 Å². The van der Waals surface area contributed by atoms with E-state index in [0.717, 1.165) is 63.8 Å². The standard InChI is InChI=1S/C14H22N4O.2ClH/c1(11-4-8-19-9-11)7-16-14-12-2-5-15-6-3-13(12)17-10-18-14;;/h10-11,15H,1-9H2,(H,16,17,18);2*1H. The fourth-order valence-corrected chi connectivity index (χ4v) is 2.83. The van der Waals surface area contributed by atoms with Crippen LogP contribution in [0.1, 0.15) is 24.1 Å². The molecule has 1 aromatic heterocycles. The summed E-state index contributed by atoms with van der Waals surface area (Å²) in [7, 11) is 0. The molecule has 0 bridgehead atoms. The zero-order valence-corrected chi connectivity index (χ0v) is 13.8. The Labute approximate surface area is 138 Å². The number of nitrogens with zero attached hydrogens (tertiary/aromatic N) is 2. The predicted molar refractivity (Wildman–Crippen MR) is 88.8 cm³/mol. The fraction of sp³-hybridized carbons (Fsp3) is 0.714. The molecule has 1 aromatic rings. The van der Waals surface area contributed by atoms with Gasteiger partial charge in [0, 0.05) is 38.3 Å². The van der Waals surface area contributed by atoms with Gasteiger partial charge in [-0.2, -0.15) is 0 Å². The average Bonchev–Trinajstić information content (AvgIpc) is 2.82. The normalized spacial score (nSPS) is 20.7. The first-order valence-corrected chi connectivity index (χ1v) is 7.28. The van der Waals surface area contributed by atoms with E-state index in [0.29, 0.717) is 0 Å². The molecule has 1 unspecified atom stereocenters. The summed E-state index contributed by atoms with van der Waals surface area (Å²) in [6, 6.07) is 0. The summed E-state index contributed by atoms with van der Waals surface area (Å²) in [6.45, 7) is 4.87. The number of hydrogen-bond acceptors (Lipinski definition) is 5. The summed E-state index contributed by atoms with van der Waals surface area (Å²) in [5.41, 5.74) is 2.50. The SMILES string of the molecule is Cl.Cl.c1nc2c(c(NCCC3CCOC3)n1)CCNCC2. The van der Waals surface area contributed by atoms with Crippen molar-refractivity contribution < 1.29 is 4.74 Å². The van der Waals surface area contributed by atoms with Crippen molar-refractivity contribution in [3.63, 3.8) is 0 Å². The van der Waals surface area contributed by atoms with Crippen molar-refractivity contribution in [2.75, 3.05) is 38.2 Å². The van der Waals surface area contributed by atoms with Crippen LogP contribution in [-0.4, -0.2) is 42.8 Å². The monoisotopic (exact) mass is 334 g/mol. The Balaban J connectivity index is 0.00000110. The Morgan fingerprint density at radius 2 is 2.10 bits per heavy atom. The van der Waals surface area contributed by atoms with Crippen LogP contribution < -0.4 is 10.6 Å². The molecule has 0 aliphatic carbocycles. The molecule has 0 aromatic carbocycles. The number of fused-ring (bicyclic) bond motifs is 1. The summed E-state index contributed by atoms with van der Waals surface area (Å²) < 4.78 is 5.41. The van der Waals surface area contributed by atoms with Crippen LogP contribution >= 0.6 is 24.8 Å². The van der Waals surface area contributed by atoms with Gasteiger partial charge < -0.3 is 15.4 Å². The summed E-state index contributed by atoms with van der Waals surface area (Å²) in [6.07, 6.45) is 6.07. The van der Waals surface area contributed by atoms with E-state index in [2.05, 4.69) is 20.6 Å². The molecule has 2 aliphatic heterocycles. The molecule has 2 N–H and O–H groups in total. The lowest BCUT2D eigenvalue weighted by molar-refractivity contribution is 0.185. The molecule has 0 radical (unpaired) electrons. The molecule has 1 atom stereocenters. The Hall–Kier alpha value is -0.620. The molecule has 0 amide bonds. The molecule has 3 heterocycles. The van der Waals surface area contributed by atoms with E-state index >= 15 is 0 Å². The fourth-order valence-electron chi connectivity index (χ4n) is 2.83. The molecular formula is C14H24Cl2N4O. The van der Waals surface area contributed by atoms with Gasteiger partial charge in [0.15, 0.2) is 0 Å². The summed E-state index contributed by atoms with van der Waals surface area (Å²) in [5.74, 6) is 1.75. The molecule has 0 saturated carbocycles. The van der Waals surface area contributed by atoms with Crippen LogP contribution in [-0.2, 0) is 17.6 Å². The number of hydrogen-bond donors (Lipinski definition) is 2. The second-order valence-electron chi connectivity index (χ2n) is 5.34. The number of halogens is 2. The van der Waals surface area contributed by atoms with Crippen LogP contribution in [0.3, 0.4) is 0 Å². The van der Waals surface area contributed by atoms with Gasteiger partial charge in [-0.3, -0.25) is 0 Å². The van der Waals surface area contributed by atoms with Crippen molar-refractivity contribution in [3.8, 4) is 0 Å². The molecule has 1 saturated heterocycles. The second-order valence-corrected chi connectivity index (χ2v) is 5.34. The Morgan fingerprint density at radius 3 is 2.90 bits per heavy atom. The first kappa shape index (κ1) is 18.4. The number of ether oxygens (including phenoxy) is 1. The van der Waals surface area contributed by atoms with Crippen LogP contribution in [0, 0.1) is 5.92 Å². The topological polar surface area (TPSA) is 59.1 Å². The van der Waals surface area contributed by atoms with Crippen molar-refractivity contribution >= 4 is 30.6 Å². The Bertz CT molecular complexity index is 427. The van der Waals surface area contributed by atoms with Crippen LogP contribution in [0.15, 0.2) is 6.33 Å². The van der Waals surface area contributed by atoms with E-state index in [1.54, 1.807) is 6.33 Å². The van der Waals surface area contributed by atoms with Gasteiger partial charge >= 0.3 is 0 Å². The largest absolute Gasteiger partial charge is 0.381 e. The van der Waals surface area contributed by atoms with Gasteiger partial charge in [0.05, 0.1) is 5.69 Å². The van der Waals surface area contributed by atoms with Crippen LogP contribution in [0.25, 0.3) is 0 Å². The molecular weight excluding hydrogens is 311 g/mol. The van der Waals surface area contributed by atoms with E-state index in [-0.39, 0.29) is 24.8 Å². The lowest BCUT2D eigenvalue weighted by Gasteiger charge is -2.13. The van der Waals surface area contributed by atoms with Crippen LogP contribution in [0.4, 0.5) is 5.82 Å². The quantitative estimate of drug-likeness (QED) is 0.879. The first-order valence-electron chi connectivity index (χ1n) is 7.28. The van der Waals surface area contributed by atoms with Gasteiger partial charge in [0.2, 0.25) is 0 Å². The third kappa shape index (κ3) is 4.95. The number of anilines is 1. The highest BCUT2D eigenvalue weighted by atomic mass is 35.5. The Morgan fingerprint density at radius 1 is 1.24 bits per heavy atom. The maximum absolute atomic E-state index is 5.41. The minimum atomic E-state index is 0. The van der Waals surface area contributed by atoms with Crippen LogP contribution in [0.2, 0.25) is 0 Å². The first-order chi connectivity index (χ1) is 9.43. The van der Waals surface area contributed by atoms with E-state index < -0.39 is 0 Å². The number of rotatable bonds is 4. The number of nitrogens with one attached hydrogen (secondary N) is 2. The van der Waals surface area contributed by atoms with E-state index in [1.807, 2.05) is 0 Å².